The van der Waals surface area contributed by atoms with E-state index in [2.05, 4.69) is 20.3 Å². The van der Waals surface area contributed by atoms with Gasteiger partial charge in [0.05, 0.1) is 4.92 Å². The largest absolute Gasteiger partial charge is 0.357 e. The number of nitro groups is 1. The first-order chi connectivity index (χ1) is 9.02. The summed E-state index contributed by atoms with van der Waals surface area (Å²) in [6.45, 7) is 3.42. The highest BCUT2D eigenvalue weighted by atomic mass is 16.6. The maximum Gasteiger partial charge on any atom is 0.316 e. The second-order valence-electron chi connectivity index (χ2n) is 4.02. The zero-order valence-corrected chi connectivity index (χ0v) is 10.8. The molecule has 2 aromatic heterocycles. The number of hydrogen-bond acceptors (Lipinski definition) is 6. The number of aromatic nitrogens is 3. The third kappa shape index (κ3) is 2.49. The monoisotopic (exact) mass is 259 g/mol. The van der Waals surface area contributed by atoms with E-state index in [0.717, 1.165) is 5.69 Å². The lowest BCUT2D eigenvalue weighted by molar-refractivity contribution is -0.385. The van der Waals surface area contributed by atoms with Gasteiger partial charge in [0.2, 0.25) is 5.95 Å². The van der Waals surface area contributed by atoms with Crippen LogP contribution in [0.5, 0.6) is 0 Å². The van der Waals surface area contributed by atoms with Gasteiger partial charge in [0.25, 0.3) is 0 Å². The molecule has 19 heavy (non-hydrogen) atoms. The van der Waals surface area contributed by atoms with Crippen LogP contribution in [0.4, 0.5) is 11.6 Å². The summed E-state index contributed by atoms with van der Waals surface area (Å²) in [5.41, 5.74) is 1.97. The lowest BCUT2D eigenvalue weighted by Crippen LogP contribution is -2.05. The normalized spacial score (nSPS) is 10.3. The van der Waals surface area contributed by atoms with Crippen LogP contribution in [0.25, 0.3) is 11.3 Å². The van der Waals surface area contributed by atoms with Crippen LogP contribution < -0.4 is 5.32 Å². The van der Waals surface area contributed by atoms with Crippen molar-refractivity contribution in [3.63, 3.8) is 0 Å². The minimum absolute atomic E-state index is 0.0791. The van der Waals surface area contributed by atoms with Crippen molar-refractivity contribution in [2.75, 3.05) is 12.4 Å². The number of pyridine rings is 1. The number of rotatable bonds is 3. The molecule has 2 rings (SSSR count). The van der Waals surface area contributed by atoms with E-state index in [1.165, 1.54) is 0 Å². The lowest BCUT2D eigenvalue weighted by atomic mass is 10.1. The minimum Gasteiger partial charge on any atom is -0.357 e. The van der Waals surface area contributed by atoms with E-state index in [0.29, 0.717) is 22.9 Å². The Bertz CT molecular complexity index is 642. The number of aryl methyl sites for hydroxylation is 2. The van der Waals surface area contributed by atoms with Gasteiger partial charge in [-0.15, -0.1) is 0 Å². The van der Waals surface area contributed by atoms with Gasteiger partial charge in [0.15, 0.2) is 5.69 Å². The van der Waals surface area contributed by atoms with Gasteiger partial charge in [-0.1, -0.05) is 0 Å². The summed E-state index contributed by atoms with van der Waals surface area (Å²) < 4.78 is 0. The highest BCUT2D eigenvalue weighted by molar-refractivity contribution is 5.71. The van der Waals surface area contributed by atoms with Crippen LogP contribution in [0, 0.1) is 24.0 Å². The number of nitrogens with one attached hydrogen (secondary N) is 1. The van der Waals surface area contributed by atoms with Crippen molar-refractivity contribution in [2.45, 2.75) is 13.8 Å². The molecule has 0 atom stereocenters. The Morgan fingerprint density at radius 3 is 2.63 bits per heavy atom. The average Bonchev–Trinajstić information content (AvgIpc) is 2.37. The summed E-state index contributed by atoms with van der Waals surface area (Å²) in [4.78, 5) is 23.0. The minimum atomic E-state index is -0.458. The van der Waals surface area contributed by atoms with Crippen molar-refractivity contribution in [3.8, 4) is 11.3 Å². The molecular formula is C12H13N5O2. The summed E-state index contributed by atoms with van der Waals surface area (Å²) in [6.07, 6.45) is 1.60. The van der Waals surface area contributed by atoms with Gasteiger partial charge in [0.1, 0.15) is 5.69 Å². The van der Waals surface area contributed by atoms with E-state index in [1.807, 2.05) is 6.92 Å². The molecule has 0 aliphatic heterocycles. The predicted octanol–water partition coefficient (Wildman–Crippen LogP) is 2.11. The second kappa shape index (κ2) is 4.97. The van der Waals surface area contributed by atoms with Crippen molar-refractivity contribution in [2.24, 2.45) is 0 Å². The van der Waals surface area contributed by atoms with E-state index in [4.69, 9.17) is 0 Å². The standard InChI is InChI=1S/C12H13N5O2/c1-7-6-9(4-5-14-7)10-11(17(18)19)8(2)15-12(13-3)16-10/h4-6H,1-3H3,(H,13,15,16). The first-order valence-electron chi connectivity index (χ1n) is 5.66. The Labute approximate surface area is 109 Å². The molecule has 98 valence electrons. The molecule has 7 heteroatoms. The van der Waals surface area contributed by atoms with Gasteiger partial charge in [-0.25, -0.2) is 9.97 Å². The number of nitrogens with zero attached hydrogens (tertiary/aromatic N) is 4. The molecule has 1 N–H and O–H groups in total. The smallest absolute Gasteiger partial charge is 0.316 e. The topological polar surface area (TPSA) is 93.8 Å². The van der Waals surface area contributed by atoms with Crippen LogP contribution in [-0.2, 0) is 0 Å². The molecule has 0 radical (unpaired) electrons. The SMILES string of the molecule is CNc1nc(C)c([N+](=O)[O-])c(-c2ccnc(C)c2)n1. The number of hydrogen-bond donors (Lipinski definition) is 1. The van der Waals surface area contributed by atoms with Crippen molar-refractivity contribution in [3.05, 3.63) is 39.8 Å². The van der Waals surface area contributed by atoms with Crippen LogP contribution in [0.3, 0.4) is 0 Å². The third-order valence-corrected chi connectivity index (χ3v) is 2.63. The molecule has 0 saturated heterocycles. The molecule has 0 amide bonds. The highest BCUT2D eigenvalue weighted by Gasteiger charge is 2.23. The molecule has 0 bridgehead atoms. The molecule has 2 aromatic rings. The Hall–Kier alpha value is -2.57. The molecule has 0 aliphatic carbocycles. The lowest BCUT2D eigenvalue weighted by Gasteiger charge is -2.07. The van der Waals surface area contributed by atoms with E-state index < -0.39 is 4.92 Å². The van der Waals surface area contributed by atoms with Gasteiger partial charge < -0.3 is 5.32 Å². The fraction of sp³-hybridized carbons (Fsp3) is 0.250. The quantitative estimate of drug-likeness (QED) is 0.670. The number of anilines is 1. The van der Waals surface area contributed by atoms with E-state index in [-0.39, 0.29) is 5.69 Å². The Morgan fingerprint density at radius 1 is 1.32 bits per heavy atom. The average molecular weight is 259 g/mol. The van der Waals surface area contributed by atoms with Crippen molar-refractivity contribution < 1.29 is 4.92 Å². The molecule has 7 nitrogen and oxygen atoms in total. The summed E-state index contributed by atoms with van der Waals surface area (Å²) in [6, 6.07) is 3.45. The molecule has 0 aromatic carbocycles. The first-order valence-corrected chi connectivity index (χ1v) is 5.66. The zero-order valence-electron chi connectivity index (χ0n) is 10.8. The summed E-state index contributed by atoms with van der Waals surface area (Å²) in [7, 11) is 1.67. The Morgan fingerprint density at radius 2 is 2.05 bits per heavy atom. The maximum atomic E-state index is 11.2. The fourth-order valence-corrected chi connectivity index (χ4v) is 1.79. The van der Waals surface area contributed by atoms with Gasteiger partial charge in [-0.3, -0.25) is 15.1 Å². The molecule has 0 saturated carbocycles. The van der Waals surface area contributed by atoms with Crippen LogP contribution >= 0.6 is 0 Å². The van der Waals surface area contributed by atoms with E-state index >= 15 is 0 Å². The second-order valence-corrected chi connectivity index (χ2v) is 4.02. The maximum absolute atomic E-state index is 11.2. The molecule has 0 unspecified atom stereocenters. The first kappa shape index (κ1) is 12.9. The summed E-state index contributed by atoms with van der Waals surface area (Å²) >= 11 is 0. The summed E-state index contributed by atoms with van der Waals surface area (Å²) in [5.74, 6) is 0.354. The zero-order chi connectivity index (χ0) is 14.0. The van der Waals surface area contributed by atoms with Crippen molar-refractivity contribution in [1.82, 2.24) is 15.0 Å². The third-order valence-electron chi connectivity index (χ3n) is 2.63. The van der Waals surface area contributed by atoms with Gasteiger partial charge >= 0.3 is 5.69 Å². The summed E-state index contributed by atoms with van der Waals surface area (Å²) in [5, 5.41) is 14.0. The van der Waals surface area contributed by atoms with Gasteiger partial charge in [-0.05, 0) is 26.0 Å². The molecule has 0 spiro atoms. The molecule has 0 fully saturated rings. The molecular weight excluding hydrogens is 246 g/mol. The van der Waals surface area contributed by atoms with Crippen molar-refractivity contribution >= 4 is 11.6 Å². The fourth-order valence-electron chi connectivity index (χ4n) is 1.79. The predicted molar refractivity (Wildman–Crippen MR) is 70.9 cm³/mol. The van der Waals surface area contributed by atoms with E-state index in [1.54, 1.807) is 32.3 Å². The Balaban J connectivity index is 2.72. The van der Waals surface area contributed by atoms with Crippen LogP contribution in [0.2, 0.25) is 0 Å². The Kier molecular flexibility index (Phi) is 3.37. The van der Waals surface area contributed by atoms with Crippen LogP contribution in [0.1, 0.15) is 11.4 Å². The molecule has 2 heterocycles. The van der Waals surface area contributed by atoms with Gasteiger partial charge in [0, 0.05) is 24.5 Å². The molecule has 0 aliphatic rings. The van der Waals surface area contributed by atoms with E-state index in [9.17, 15) is 10.1 Å². The van der Waals surface area contributed by atoms with Crippen molar-refractivity contribution in [1.29, 1.82) is 0 Å². The van der Waals surface area contributed by atoms with Crippen LogP contribution in [0.15, 0.2) is 18.3 Å². The van der Waals surface area contributed by atoms with Gasteiger partial charge in [-0.2, -0.15) is 0 Å². The van der Waals surface area contributed by atoms with Crippen LogP contribution in [-0.4, -0.2) is 26.9 Å². The highest BCUT2D eigenvalue weighted by Crippen LogP contribution is 2.31.